The molecule has 0 aromatic heterocycles. The number of ether oxygens (including phenoxy) is 2. The molecule has 0 saturated carbocycles. The van der Waals surface area contributed by atoms with Gasteiger partial charge in [-0.2, -0.15) is 0 Å². The van der Waals surface area contributed by atoms with E-state index in [1.807, 2.05) is 31.2 Å². The van der Waals surface area contributed by atoms with Crippen LogP contribution in [0.3, 0.4) is 0 Å². The number of rotatable bonds is 3. The summed E-state index contributed by atoms with van der Waals surface area (Å²) in [7, 11) is 1.60. The molecular formula is C14H14ClNO2. The lowest BCUT2D eigenvalue weighted by atomic mass is 10.2. The smallest absolute Gasteiger partial charge is 0.169 e. The summed E-state index contributed by atoms with van der Waals surface area (Å²) in [6.45, 7) is 1.91. The molecule has 0 unspecified atom stereocenters. The summed E-state index contributed by atoms with van der Waals surface area (Å²) >= 11 is 5.99. The molecule has 2 N–H and O–H groups in total. The van der Waals surface area contributed by atoms with Gasteiger partial charge in [0.25, 0.3) is 0 Å². The van der Waals surface area contributed by atoms with E-state index in [0.717, 1.165) is 5.56 Å². The summed E-state index contributed by atoms with van der Waals surface area (Å²) in [6, 6.07) is 10.9. The van der Waals surface area contributed by atoms with Crippen molar-refractivity contribution in [2.45, 2.75) is 6.92 Å². The molecule has 2 aromatic rings. The molecule has 0 aliphatic heterocycles. The first-order chi connectivity index (χ1) is 8.61. The van der Waals surface area contributed by atoms with Crippen LogP contribution in [0.1, 0.15) is 5.56 Å². The third-order valence-electron chi connectivity index (χ3n) is 2.58. The maximum Gasteiger partial charge on any atom is 0.169 e. The van der Waals surface area contributed by atoms with Gasteiger partial charge in [0, 0.05) is 6.07 Å². The van der Waals surface area contributed by atoms with Crippen molar-refractivity contribution in [3.63, 3.8) is 0 Å². The highest BCUT2D eigenvalue weighted by Gasteiger charge is 2.09. The van der Waals surface area contributed by atoms with Gasteiger partial charge in [-0.15, -0.1) is 0 Å². The number of hydrogen-bond donors (Lipinski definition) is 1. The fourth-order valence-electron chi connectivity index (χ4n) is 1.62. The first-order valence-corrected chi connectivity index (χ1v) is 5.86. The van der Waals surface area contributed by atoms with Gasteiger partial charge in [0.1, 0.15) is 5.75 Å². The van der Waals surface area contributed by atoms with E-state index in [1.165, 1.54) is 0 Å². The number of methoxy groups -OCH3 is 1. The highest BCUT2D eigenvalue weighted by Crippen LogP contribution is 2.35. The van der Waals surface area contributed by atoms with E-state index >= 15 is 0 Å². The molecule has 0 bridgehead atoms. The van der Waals surface area contributed by atoms with E-state index in [-0.39, 0.29) is 0 Å². The normalized spacial score (nSPS) is 10.2. The second kappa shape index (κ2) is 5.19. The summed E-state index contributed by atoms with van der Waals surface area (Å²) in [4.78, 5) is 0. The van der Waals surface area contributed by atoms with E-state index in [2.05, 4.69) is 0 Å². The number of para-hydroxylation sites is 2. The Bertz CT molecular complexity index is 570. The first-order valence-electron chi connectivity index (χ1n) is 5.48. The Morgan fingerprint density at radius 3 is 2.39 bits per heavy atom. The second-order valence-electron chi connectivity index (χ2n) is 3.89. The molecule has 94 valence electrons. The average Bonchev–Trinajstić information content (AvgIpc) is 2.36. The standard InChI is InChI=1S/C14H14ClNO2/c1-9-7-11(16)10(15)8-14(9)18-13-6-4-3-5-12(13)17-2/h3-8H,16H2,1-2H3. The SMILES string of the molecule is COc1ccccc1Oc1cc(Cl)c(N)cc1C. The van der Waals surface area contributed by atoms with E-state index in [1.54, 1.807) is 19.2 Å². The maximum atomic E-state index is 5.99. The lowest BCUT2D eigenvalue weighted by Crippen LogP contribution is -1.94. The Labute approximate surface area is 111 Å². The van der Waals surface area contributed by atoms with Crippen molar-refractivity contribution in [2.75, 3.05) is 12.8 Å². The third kappa shape index (κ3) is 2.51. The Morgan fingerprint density at radius 1 is 1.06 bits per heavy atom. The molecule has 0 aliphatic rings. The highest BCUT2D eigenvalue weighted by atomic mass is 35.5. The van der Waals surface area contributed by atoms with Gasteiger partial charge in [0.05, 0.1) is 17.8 Å². The van der Waals surface area contributed by atoms with Gasteiger partial charge in [0.15, 0.2) is 11.5 Å². The topological polar surface area (TPSA) is 44.5 Å². The monoisotopic (exact) mass is 263 g/mol. The number of nitrogen functional groups attached to an aromatic ring is 1. The first kappa shape index (κ1) is 12.6. The second-order valence-corrected chi connectivity index (χ2v) is 4.30. The molecule has 0 aliphatic carbocycles. The largest absolute Gasteiger partial charge is 0.493 e. The van der Waals surface area contributed by atoms with Crippen molar-refractivity contribution in [1.82, 2.24) is 0 Å². The van der Waals surface area contributed by atoms with E-state index in [9.17, 15) is 0 Å². The van der Waals surface area contributed by atoms with Crippen LogP contribution in [0.5, 0.6) is 17.2 Å². The van der Waals surface area contributed by atoms with Crippen molar-refractivity contribution < 1.29 is 9.47 Å². The summed E-state index contributed by atoms with van der Waals surface area (Å²) < 4.78 is 11.0. The minimum absolute atomic E-state index is 0.477. The molecule has 2 aromatic carbocycles. The average molecular weight is 264 g/mol. The van der Waals surface area contributed by atoms with Crippen molar-refractivity contribution in [1.29, 1.82) is 0 Å². The van der Waals surface area contributed by atoms with Crippen LogP contribution in [0.4, 0.5) is 5.69 Å². The third-order valence-corrected chi connectivity index (χ3v) is 2.91. The van der Waals surface area contributed by atoms with Crippen molar-refractivity contribution in [3.8, 4) is 17.2 Å². The Kier molecular flexibility index (Phi) is 3.63. The quantitative estimate of drug-likeness (QED) is 0.851. The molecule has 0 spiro atoms. The van der Waals surface area contributed by atoms with Crippen molar-refractivity contribution >= 4 is 17.3 Å². The molecule has 0 fully saturated rings. The number of benzene rings is 2. The minimum Gasteiger partial charge on any atom is -0.493 e. The van der Waals surface area contributed by atoms with Crippen LogP contribution in [0.15, 0.2) is 36.4 Å². The van der Waals surface area contributed by atoms with Gasteiger partial charge in [-0.05, 0) is 30.7 Å². The summed E-state index contributed by atoms with van der Waals surface area (Å²) in [6.07, 6.45) is 0. The van der Waals surface area contributed by atoms with E-state index in [0.29, 0.717) is 28.0 Å². The Morgan fingerprint density at radius 2 is 1.72 bits per heavy atom. The predicted octanol–water partition coefficient (Wildman–Crippen LogP) is 4.03. The lowest BCUT2D eigenvalue weighted by Gasteiger charge is -2.13. The van der Waals surface area contributed by atoms with Crippen molar-refractivity contribution in [3.05, 3.63) is 47.0 Å². The van der Waals surface area contributed by atoms with E-state index < -0.39 is 0 Å². The number of aryl methyl sites for hydroxylation is 1. The summed E-state index contributed by atoms with van der Waals surface area (Å²) in [5.74, 6) is 1.98. The highest BCUT2D eigenvalue weighted by molar-refractivity contribution is 6.33. The van der Waals surface area contributed by atoms with E-state index in [4.69, 9.17) is 26.8 Å². The number of anilines is 1. The van der Waals surface area contributed by atoms with Crippen LogP contribution in [-0.4, -0.2) is 7.11 Å². The molecule has 0 amide bonds. The fourth-order valence-corrected chi connectivity index (χ4v) is 1.77. The van der Waals surface area contributed by atoms with Gasteiger partial charge < -0.3 is 15.2 Å². The van der Waals surface area contributed by atoms with Crippen molar-refractivity contribution in [2.24, 2.45) is 0 Å². The molecule has 0 saturated heterocycles. The zero-order valence-corrected chi connectivity index (χ0v) is 11.0. The zero-order valence-electron chi connectivity index (χ0n) is 10.2. The lowest BCUT2D eigenvalue weighted by molar-refractivity contribution is 0.378. The predicted molar refractivity (Wildman–Crippen MR) is 73.7 cm³/mol. The van der Waals surface area contributed by atoms with Gasteiger partial charge in [-0.3, -0.25) is 0 Å². The maximum absolute atomic E-state index is 5.99. The van der Waals surface area contributed by atoms with Crippen LogP contribution in [0, 0.1) is 6.92 Å². The van der Waals surface area contributed by atoms with Gasteiger partial charge in [-0.25, -0.2) is 0 Å². The van der Waals surface area contributed by atoms with Crippen LogP contribution in [-0.2, 0) is 0 Å². The molecule has 0 heterocycles. The number of nitrogens with two attached hydrogens (primary N) is 1. The van der Waals surface area contributed by atoms with Gasteiger partial charge in [0.2, 0.25) is 0 Å². The molecular weight excluding hydrogens is 250 g/mol. The molecule has 3 nitrogen and oxygen atoms in total. The van der Waals surface area contributed by atoms with Crippen LogP contribution < -0.4 is 15.2 Å². The van der Waals surface area contributed by atoms with Gasteiger partial charge in [-0.1, -0.05) is 23.7 Å². The minimum atomic E-state index is 0.477. The molecule has 4 heteroatoms. The fraction of sp³-hybridized carbons (Fsp3) is 0.143. The molecule has 0 radical (unpaired) electrons. The van der Waals surface area contributed by atoms with Gasteiger partial charge >= 0.3 is 0 Å². The van der Waals surface area contributed by atoms with Crippen LogP contribution >= 0.6 is 11.6 Å². The summed E-state index contributed by atoms with van der Waals surface area (Å²) in [5.41, 5.74) is 7.19. The zero-order chi connectivity index (χ0) is 13.1. The van der Waals surface area contributed by atoms with Crippen LogP contribution in [0.25, 0.3) is 0 Å². The molecule has 0 atom stereocenters. The van der Waals surface area contributed by atoms with Crippen LogP contribution in [0.2, 0.25) is 5.02 Å². The Balaban J connectivity index is 2.37. The Hall–Kier alpha value is -1.87. The summed E-state index contributed by atoms with van der Waals surface area (Å²) in [5, 5.41) is 0.477. The number of hydrogen-bond acceptors (Lipinski definition) is 3. The molecule has 2 rings (SSSR count). The molecule has 18 heavy (non-hydrogen) atoms. The number of halogens is 1.